The fourth-order valence-electron chi connectivity index (χ4n) is 0.714. The van der Waals surface area contributed by atoms with E-state index in [0.29, 0.717) is 0 Å². The molecule has 0 saturated carbocycles. The van der Waals surface area contributed by atoms with Crippen molar-refractivity contribution in [3.63, 3.8) is 0 Å². The van der Waals surface area contributed by atoms with Gasteiger partial charge in [0.15, 0.2) is 5.60 Å². The van der Waals surface area contributed by atoms with Crippen LogP contribution in [0.3, 0.4) is 0 Å². The van der Waals surface area contributed by atoms with Gasteiger partial charge < -0.3 is 25.9 Å². The third-order valence-corrected chi connectivity index (χ3v) is 1.29. The zero-order valence-electron chi connectivity index (χ0n) is 8.25. The molecule has 0 fully saturated rings. The summed E-state index contributed by atoms with van der Waals surface area (Å²) in [5, 5.41) is 33.8. The molecule has 0 atom stereocenters. The Balaban J connectivity index is -0.000000240. The van der Waals surface area contributed by atoms with E-state index in [2.05, 4.69) is 0 Å². The van der Waals surface area contributed by atoms with Crippen LogP contribution < -0.4 is 0 Å². The normalized spacial score (nSPS) is 8.81. The summed E-state index contributed by atoms with van der Waals surface area (Å²) in [6.07, 6.45) is -2.29. The average Bonchev–Trinajstić information content (AvgIpc) is 1.82. The molecular weight excluding hydrogens is 331 g/mol. The van der Waals surface area contributed by atoms with Crippen LogP contribution in [0.1, 0.15) is 12.8 Å². The van der Waals surface area contributed by atoms with Gasteiger partial charge in [-0.1, -0.05) is 0 Å². The third-order valence-electron chi connectivity index (χ3n) is 1.29. The SMILES string of the molecule is O=C(O)CC(O)(CC(=O)O)C(=O)O.[O-2].[Zn+2].[Zn+2]. The van der Waals surface area contributed by atoms with Crippen molar-refractivity contribution in [3.8, 4) is 0 Å². The summed E-state index contributed by atoms with van der Waals surface area (Å²) >= 11 is 0. The largest absolute Gasteiger partial charge is 2.00 e. The first-order valence-corrected chi connectivity index (χ1v) is 3.17. The van der Waals surface area contributed by atoms with Gasteiger partial charge in [-0.3, -0.25) is 9.59 Å². The zero-order valence-corrected chi connectivity index (χ0v) is 14.2. The van der Waals surface area contributed by atoms with Crippen LogP contribution in [0.25, 0.3) is 0 Å². The molecule has 0 aliphatic carbocycles. The van der Waals surface area contributed by atoms with Crippen LogP contribution in [0.5, 0.6) is 0 Å². The minimum absolute atomic E-state index is 0. The number of hydrogen-bond donors (Lipinski definition) is 4. The molecule has 0 amide bonds. The van der Waals surface area contributed by atoms with Crippen LogP contribution in [0, 0.1) is 0 Å². The monoisotopic (exact) mass is 336 g/mol. The van der Waals surface area contributed by atoms with Crippen LogP contribution in [0.4, 0.5) is 0 Å². The second-order valence-corrected chi connectivity index (χ2v) is 2.48. The van der Waals surface area contributed by atoms with Crippen LogP contribution in [-0.2, 0) is 58.8 Å². The van der Waals surface area contributed by atoms with E-state index >= 15 is 0 Å². The molecular formula is C6H8O8Zn2+2. The number of hydrogen-bond acceptors (Lipinski definition) is 4. The summed E-state index contributed by atoms with van der Waals surface area (Å²) in [5.41, 5.74) is -2.74. The summed E-state index contributed by atoms with van der Waals surface area (Å²) in [6, 6.07) is 0. The van der Waals surface area contributed by atoms with Crippen molar-refractivity contribution in [2.45, 2.75) is 18.4 Å². The Labute approximate surface area is 115 Å². The molecule has 0 bridgehead atoms. The van der Waals surface area contributed by atoms with Gasteiger partial charge in [-0.25, -0.2) is 4.79 Å². The predicted octanol–water partition coefficient (Wildman–Crippen LogP) is -1.37. The van der Waals surface area contributed by atoms with Crippen molar-refractivity contribution in [3.05, 3.63) is 0 Å². The van der Waals surface area contributed by atoms with Gasteiger partial charge in [-0.05, 0) is 0 Å². The number of carboxylic acids is 3. The molecule has 0 aromatic rings. The summed E-state index contributed by atoms with van der Waals surface area (Å²) in [4.78, 5) is 30.5. The van der Waals surface area contributed by atoms with Crippen LogP contribution in [0.2, 0.25) is 0 Å². The van der Waals surface area contributed by atoms with E-state index in [1.54, 1.807) is 0 Å². The van der Waals surface area contributed by atoms with E-state index in [4.69, 9.17) is 20.4 Å². The van der Waals surface area contributed by atoms with Gasteiger partial charge in [0.1, 0.15) is 0 Å². The Morgan fingerprint density at radius 3 is 1.25 bits per heavy atom. The van der Waals surface area contributed by atoms with E-state index in [1.165, 1.54) is 0 Å². The standard InChI is InChI=1S/C6H8O7.O.2Zn/c7-3(8)1-6(13,5(11)12)2-4(9)10;;;/h13H,1-2H2,(H,7,8)(H,9,10)(H,11,12);;;/q;-2;2*+2. The molecule has 82 valence electrons. The zero-order chi connectivity index (χ0) is 10.6. The molecule has 0 saturated heterocycles. The molecule has 0 radical (unpaired) electrons. The number of rotatable bonds is 5. The molecule has 0 aliphatic heterocycles. The quantitative estimate of drug-likeness (QED) is 0.449. The summed E-state index contributed by atoms with van der Waals surface area (Å²) in [6.45, 7) is 0. The minimum Gasteiger partial charge on any atom is -2.00 e. The van der Waals surface area contributed by atoms with Crippen molar-refractivity contribution in [1.82, 2.24) is 0 Å². The summed E-state index contributed by atoms with van der Waals surface area (Å²) < 4.78 is 0. The molecule has 4 N–H and O–H groups in total. The third kappa shape index (κ3) is 8.85. The Hall–Kier alpha value is -0.423. The molecule has 0 aromatic heterocycles. The van der Waals surface area contributed by atoms with Gasteiger partial charge in [0.2, 0.25) is 0 Å². The van der Waals surface area contributed by atoms with Gasteiger partial charge in [0.25, 0.3) is 0 Å². The van der Waals surface area contributed by atoms with Crippen molar-refractivity contribution >= 4 is 17.9 Å². The van der Waals surface area contributed by atoms with Crippen LogP contribution in [0.15, 0.2) is 0 Å². The molecule has 8 nitrogen and oxygen atoms in total. The van der Waals surface area contributed by atoms with Gasteiger partial charge in [-0.2, -0.15) is 0 Å². The number of carboxylic acid groups (broad SMARTS) is 3. The molecule has 10 heteroatoms. The Morgan fingerprint density at radius 1 is 0.875 bits per heavy atom. The molecule has 0 unspecified atom stereocenters. The molecule has 16 heavy (non-hydrogen) atoms. The predicted molar refractivity (Wildman–Crippen MR) is 37.8 cm³/mol. The first-order chi connectivity index (χ1) is 5.78. The van der Waals surface area contributed by atoms with E-state index in [1.807, 2.05) is 0 Å². The maximum absolute atomic E-state index is 10.3. The second kappa shape index (κ2) is 9.78. The van der Waals surface area contributed by atoms with E-state index < -0.39 is 36.4 Å². The fourth-order valence-corrected chi connectivity index (χ4v) is 0.714. The van der Waals surface area contributed by atoms with Crippen LogP contribution in [-0.4, -0.2) is 43.9 Å². The van der Waals surface area contributed by atoms with Gasteiger partial charge in [-0.15, -0.1) is 0 Å². The van der Waals surface area contributed by atoms with E-state index in [0.717, 1.165) is 0 Å². The second-order valence-electron chi connectivity index (χ2n) is 2.48. The Bertz CT molecular complexity index is 237. The molecule has 0 spiro atoms. The minimum atomic E-state index is -2.74. The van der Waals surface area contributed by atoms with E-state index in [9.17, 15) is 14.4 Å². The van der Waals surface area contributed by atoms with Gasteiger partial charge in [0.05, 0.1) is 12.8 Å². The summed E-state index contributed by atoms with van der Waals surface area (Å²) in [7, 11) is 0. The first-order valence-electron chi connectivity index (χ1n) is 3.17. The Kier molecular flexibility index (Phi) is 15.1. The first kappa shape index (κ1) is 24.7. The molecule has 0 aromatic carbocycles. The van der Waals surface area contributed by atoms with Crippen molar-refractivity contribution < 1.29 is 79.2 Å². The van der Waals surface area contributed by atoms with Crippen molar-refractivity contribution in [2.75, 3.05) is 0 Å². The van der Waals surface area contributed by atoms with Gasteiger partial charge >= 0.3 is 56.9 Å². The number of carbonyl (C=O) groups is 3. The number of aliphatic carboxylic acids is 3. The maximum Gasteiger partial charge on any atom is 2.00 e. The molecule has 0 aliphatic rings. The van der Waals surface area contributed by atoms with E-state index in [-0.39, 0.29) is 44.4 Å². The smallest absolute Gasteiger partial charge is 2.00 e. The maximum atomic E-state index is 10.3. The van der Waals surface area contributed by atoms with Crippen LogP contribution >= 0.6 is 0 Å². The topological polar surface area (TPSA) is 161 Å². The number of aliphatic hydroxyl groups is 1. The fraction of sp³-hybridized carbons (Fsp3) is 0.500. The van der Waals surface area contributed by atoms with Gasteiger partial charge in [0, 0.05) is 0 Å². The summed E-state index contributed by atoms with van der Waals surface area (Å²) in [5.74, 6) is -5.02. The molecule has 0 rings (SSSR count). The molecule has 0 heterocycles. The Morgan fingerprint density at radius 2 is 1.12 bits per heavy atom. The van der Waals surface area contributed by atoms with Crippen molar-refractivity contribution in [1.29, 1.82) is 0 Å². The van der Waals surface area contributed by atoms with Crippen molar-refractivity contribution in [2.24, 2.45) is 0 Å². The average molecular weight is 339 g/mol.